The number of unbranched alkanes of at least 4 members (excludes halogenated alkanes) is 2. The van der Waals surface area contributed by atoms with E-state index in [1.165, 1.54) is 47.8 Å². The summed E-state index contributed by atoms with van der Waals surface area (Å²) in [6.07, 6.45) is 7.09. The number of hydrogen-bond donors (Lipinski definition) is 0. The molecule has 4 rings (SSSR count). The van der Waals surface area contributed by atoms with Crippen LogP contribution in [0.5, 0.6) is 0 Å². The molecule has 0 aromatic heterocycles. The smallest absolute Gasteiger partial charge is 0.188 e. The Kier molecular flexibility index (Phi) is 5.87. The molecule has 3 aromatic rings. The van der Waals surface area contributed by atoms with Crippen molar-refractivity contribution in [2.24, 2.45) is 0 Å². The molecule has 1 heterocycles. The van der Waals surface area contributed by atoms with Crippen LogP contribution in [-0.4, -0.2) is 12.4 Å². The summed E-state index contributed by atoms with van der Waals surface area (Å²) < 4.78 is 5.38. The molecule has 0 aliphatic carbocycles. The summed E-state index contributed by atoms with van der Waals surface area (Å²) in [6, 6.07) is 19.9. The van der Waals surface area contributed by atoms with Crippen molar-refractivity contribution in [1.29, 1.82) is 0 Å². The highest BCUT2D eigenvalue weighted by atomic mass is 16.5. The molecule has 0 saturated heterocycles. The number of fused-ring (bicyclic) bond motifs is 2. The quantitative estimate of drug-likeness (QED) is 0.470. The van der Waals surface area contributed by atoms with Gasteiger partial charge in [0.25, 0.3) is 0 Å². The third kappa shape index (κ3) is 4.34. The van der Waals surface area contributed by atoms with Gasteiger partial charge in [-0.1, -0.05) is 55.8 Å². The predicted octanol–water partition coefficient (Wildman–Crippen LogP) is 6.07. The second kappa shape index (κ2) is 8.70. The van der Waals surface area contributed by atoms with Crippen LogP contribution in [0.4, 0.5) is 0 Å². The first-order valence-electron chi connectivity index (χ1n) is 10.5. The molecule has 1 aliphatic rings. The summed E-state index contributed by atoms with van der Waals surface area (Å²) >= 11 is 0. The largest absolute Gasteiger partial charge is 0.369 e. The van der Waals surface area contributed by atoms with Gasteiger partial charge in [-0.2, -0.15) is 0 Å². The highest BCUT2D eigenvalue weighted by Gasteiger charge is 2.18. The molecular formula is C26H28O2. The molecule has 144 valence electrons. The van der Waals surface area contributed by atoms with Crippen molar-refractivity contribution < 1.29 is 9.53 Å². The lowest BCUT2D eigenvalue weighted by atomic mass is 9.95. The third-order valence-electron chi connectivity index (χ3n) is 5.78. The Bertz CT molecular complexity index is 970. The first kappa shape index (κ1) is 18.9. The highest BCUT2D eigenvalue weighted by molar-refractivity contribution is 6.03. The number of rotatable bonds is 7. The van der Waals surface area contributed by atoms with Crippen LogP contribution in [0.1, 0.15) is 58.8 Å². The van der Waals surface area contributed by atoms with E-state index in [9.17, 15) is 4.79 Å². The summed E-state index contributed by atoms with van der Waals surface area (Å²) in [7, 11) is 0. The van der Waals surface area contributed by atoms with Crippen LogP contribution < -0.4 is 0 Å². The topological polar surface area (TPSA) is 26.3 Å². The first-order valence-corrected chi connectivity index (χ1v) is 10.5. The minimum absolute atomic E-state index is 0.0940. The van der Waals surface area contributed by atoms with Crippen molar-refractivity contribution in [2.75, 3.05) is 6.61 Å². The molecular weight excluding hydrogens is 344 g/mol. The van der Waals surface area contributed by atoms with E-state index in [-0.39, 0.29) is 12.4 Å². The first-order chi connectivity index (χ1) is 13.7. The molecule has 0 N–H and O–H groups in total. The summed E-state index contributed by atoms with van der Waals surface area (Å²) in [4.78, 5) is 12.0. The van der Waals surface area contributed by atoms with Crippen molar-refractivity contribution >= 4 is 16.6 Å². The van der Waals surface area contributed by atoms with Crippen LogP contribution in [0.3, 0.4) is 0 Å². The summed E-state index contributed by atoms with van der Waals surface area (Å²) in [5.74, 6) is 0.0940. The van der Waals surface area contributed by atoms with Gasteiger partial charge in [-0.3, -0.25) is 4.79 Å². The van der Waals surface area contributed by atoms with Crippen molar-refractivity contribution in [3.8, 4) is 0 Å². The van der Waals surface area contributed by atoms with Crippen molar-refractivity contribution in [3.05, 3.63) is 82.4 Å². The zero-order chi connectivity index (χ0) is 19.3. The fraction of sp³-hybridized carbons (Fsp3) is 0.346. The van der Waals surface area contributed by atoms with E-state index in [0.717, 1.165) is 29.4 Å². The number of ether oxygens (including phenoxy) is 1. The molecule has 0 radical (unpaired) electrons. The van der Waals surface area contributed by atoms with E-state index >= 15 is 0 Å². The summed E-state index contributed by atoms with van der Waals surface area (Å²) in [5, 5.41) is 2.36. The minimum atomic E-state index is 0.0940. The van der Waals surface area contributed by atoms with Crippen molar-refractivity contribution in [2.45, 2.75) is 52.1 Å². The number of Topliss-reactive ketones (excluding diaryl/α,β-unsaturated/α-hetero) is 1. The van der Waals surface area contributed by atoms with Crippen LogP contribution in [0.2, 0.25) is 0 Å². The average Bonchev–Trinajstić information content (AvgIpc) is 2.73. The van der Waals surface area contributed by atoms with Gasteiger partial charge in [-0.15, -0.1) is 0 Å². The molecule has 0 spiro atoms. The second-order valence-electron chi connectivity index (χ2n) is 7.84. The molecule has 0 saturated carbocycles. The van der Waals surface area contributed by atoms with Crippen molar-refractivity contribution in [1.82, 2.24) is 0 Å². The van der Waals surface area contributed by atoms with Crippen molar-refractivity contribution in [3.63, 3.8) is 0 Å². The van der Waals surface area contributed by atoms with Crippen LogP contribution in [0.15, 0.2) is 54.6 Å². The van der Waals surface area contributed by atoms with E-state index in [2.05, 4.69) is 55.5 Å². The molecule has 0 amide bonds. The minimum Gasteiger partial charge on any atom is -0.369 e. The number of carbonyl (C=O) groups excluding carboxylic acids is 1. The predicted molar refractivity (Wildman–Crippen MR) is 115 cm³/mol. The Morgan fingerprint density at radius 3 is 2.25 bits per heavy atom. The number of aryl methyl sites for hydroxylation is 3. The van der Waals surface area contributed by atoms with Gasteiger partial charge in [0.2, 0.25) is 0 Å². The molecule has 3 aromatic carbocycles. The molecule has 1 aliphatic heterocycles. The summed E-state index contributed by atoms with van der Waals surface area (Å²) in [5.41, 5.74) is 6.10. The molecule has 0 bridgehead atoms. The monoisotopic (exact) mass is 372 g/mol. The van der Waals surface area contributed by atoms with Crippen LogP contribution in [0.25, 0.3) is 10.8 Å². The molecule has 0 unspecified atom stereocenters. The molecule has 2 heteroatoms. The van der Waals surface area contributed by atoms with Crippen LogP contribution >= 0.6 is 0 Å². The Labute approximate surface area is 167 Å². The lowest BCUT2D eigenvalue weighted by Gasteiger charge is -2.16. The maximum Gasteiger partial charge on any atom is 0.188 e. The average molecular weight is 373 g/mol. The fourth-order valence-corrected chi connectivity index (χ4v) is 4.04. The summed E-state index contributed by atoms with van der Waals surface area (Å²) in [6.45, 7) is 2.95. The second-order valence-corrected chi connectivity index (χ2v) is 7.84. The van der Waals surface area contributed by atoms with Gasteiger partial charge in [0, 0.05) is 5.56 Å². The van der Waals surface area contributed by atoms with E-state index in [1.54, 1.807) is 0 Å². The molecule has 2 nitrogen and oxygen atoms in total. The number of hydrogen-bond acceptors (Lipinski definition) is 2. The molecule has 0 atom stereocenters. The SMILES string of the molecule is CCc1ccc(CCCCCc2ccc3cc4c(cc3c2)COCC4=O)cc1. The van der Waals surface area contributed by atoms with E-state index in [1.807, 2.05) is 6.07 Å². The van der Waals surface area contributed by atoms with E-state index < -0.39 is 0 Å². The Morgan fingerprint density at radius 1 is 0.750 bits per heavy atom. The normalized spacial score (nSPS) is 13.7. The van der Waals surface area contributed by atoms with Crippen LogP contribution in [0, 0.1) is 0 Å². The lowest BCUT2D eigenvalue weighted by molar-refractivity contribution is 0.0666. The molecule has 0 fully saturated rings. The maximum absolute atomic E-state index is 12.0. The zero-order valence-electron chi connectivity index (χ0n) is 16.7. The van der Waals surface area contributed by atoms with Gasteiger partial charge >= 0.3 is 0 Å². The Balaban J connectivity index is 1.32. The van der Waals surface area contributed by atoms with E-state index in [0.29, 0.717) is 6.61 Å². The van der Waals surface area contributed by atoms with Crippen LogP contribution in [-0.2, 0) is 30.6 Å². The molecule has 28 heavy (non-hydrogen) atoms. The Hall–Kier alpha value is -2.45. The van der Waals surface area contributed by atoms with Gasteiger partial charge in [0.05, 0.1) is 6.61 Å². The van der Waals surface area contributed by atoms with Gasteiger partial charge in [-0.05, 0) is 77.3 Å². The lowest BCUT2D eigenvalue weighted by Crippen LogP contribution is -2.17. The highest BCUT2D eigenvalue weighted by Crippen LogP contribution is 2.25. The van der Waals surface area contributed by atoms with Gasteiger partial charge in [0.1, 0.15) is 6.61 Å². The number of benzene rings is 3. The number of carbonyl (C=O) groups is 1. The van der Waals surface area contributed by atoms with Gasteiger partial charge < -0.3 is 4.74 Å². The van der Waals surface area contributed by atoms with Gasteiger partial charge in [0.15, 0.2) is 5.78 Å². The van der Waals surface area contributed by atoms with E-state index in [4.69, 9.17) is 4.74 Å². The fourth-order valence-electron chi connectivity index (χ4n) is 4.04. The third-order valence-corrected chi connectivity index (χ3v) is 5.78. The maximum atomic E-state index is 12.0. The zero-order valence-corrected chi connectivity index (χ0v) is 16.7. The standard InChI is InChI=1S/C26H28O2/c1-2-19-8-10-20(11-9-19)6-4-3-5-7-21-12-13-22-16-25-24(15-23(22)14-21)17-28-18-26(25)27/h8-16H,2-7,17-18H2,1H3. The number of ketones is 1. The van der Waals surface area contributed by atoms with Gasteiger partial charge in [-0.25, -0.2) is 0 Å². The Morgan fingerprint density at radius 2 is 1.46 bits per heavy atom.